The van der Waals surface area contributed by atoms with Crippen LogP contribution in [-0.2, 0) is 12.8 Å². The van der Waals surface area contributed by atoms with Crippen LogP contribution >= 0.6 is 0 Å². The van der Waals surface area contributed by atoms with Crippen LogP contribution in [-0.4, -0.2) is 11.9 Å². The summed E-state index contributed by atoms with van der Waals surface area (Å²) in [6.07, 6.45) is 1.88. The lowest BCUT2D eigenvalue weighted by molar-refractivity contribution is 0.594. The molecule has 1 N–H and O–H groups in total. The van der Waals surface area contributed by atoms with E-state index in [9.17, 15) is 5.02 Å². The van der Waals surface area contributed by atoms with E-state index in [2.05, 4.69) is 80.6 Å². The molecule has 0 radical (unpaired) electrons. The quantitative estimate of drug-likeness (QED) is 0.474. The summed E-state index contributed by atoms with van der Waals surface area (Å²) in [5, 5.41) is 15.5. The van der Waals surface area contributed by atoms with Crippen molar-refractivity contribution in [3.05, 3.63) is 77.9 Å². The fourth-order valence-corrected chi connectivity index (χ4v) is 4.52. The van der Waals surface area contributed by atoms with Crippen molar-refractivity contribution in [1.29, 1.82) is 0 Å². The first-order chi connectivity index (χ1) is 13.2. The SMILES string of the molecule is CCc1c(CC)c(-c2ccc3ccccc3c2)c2ccccc2c1B(C)O. The summed E-state index contributed by atoms with van der Waals surface area (Å²) in [6.45, 7) is 5.83. The minimum Gasteiger partial charge on any atom is -0.446 e. The summed E-state index contributed by atoms with van der Waals surface area (Å²) < 4.78 is 0. The van der Waals surface area contributed by atoms with E-state index in [0.717, 1.165) is 18.3 Å². The maximum Gasteiger partial charge on any atom is 0.321 e. The van der Waals surface area contributed by atoms with Gasteiger partial charge in [-0.3, -0.25) is 0 Å². The van der Waals surface area contributed by atoms with Crippen molar-refractivity contribution in [2.75, 3.05) is 0 Å². The first kappa shape index (κ1) is 17.8. The van der Waals surface area contributed by atoms with E-state index in [1.165, 1.54) is 43.8 Å². The standard InChI is InChI=1S/C25H25BO/c1-4-20-21(5-2)25(26(3)27)23-13-9-8-12-22(23)24(20)19-15-14-17-10-6-7-11-18(17)16-19/h6-16,27H,4-5H2,1-3H3. The summed E-state index contributed by atoms with van der Waals surface area (Å²) in [4.78, 5) is 0. The smallest absolute Gasteiger partial charge is 0.321 e. The highest BCUT2D eigenvalue weighted by Gasteiger charge is 2.22. The Labute approximate surface area is 161 Å². The zero-order chi connectivity index (χ0) is 19.0. The van der Waals surface area contributed by atoms with Gasteiger partial charge in [0.15, 0.2) is 0 Å². The largest absolute Gasteiger partial charge is 0.446 e. The molecule has 134 valence electrons. The molecule has 0 heterocycles. The van der Waals surface area contributed by atoms with E-state index >= 15 is 0 Å². The number of fused-ring (bicyclic) bond motifs is 2. The molecular weight excluding hydrogens is 327 g/mol. The fourth-order valence-electron chi connectivity index (χ4n) is 4.52. The first-order valence-electron chi connectivity index (χ1n) is 9.89. The van der Waals surface area contributed by atoms with Crippen LogP contribution in [0, 0.1) is 0 Å². The van der Waals surface area contributed by atoms with Gasteiger partial charge < -0.3 is 5.02 Å². The van der Waals surface area contributed by atoms with Gasteiger partial charge in [0.2, 0.25) is 0 Å². The molecule has 0 unspecified atom stereocenters. The van der Waals surface area contributed by atoms with Gasteiger partial charge in [-0.1, -0.05) is 81.3 Å². The molecule has 0 amide bonds. The molecule has 0 spiro atoms. The van der Waals surface area contributed by atoms with Crippen molar-refractivity contribution < 1.29 is 5.02 Å². The normalized spacial score (nSPS) is 11.3. The predicted octanol–water partition coefficient (Wildman–Crippen LogP) is 5.61. The molecule has 1 nitrogen and oxygen atoms in total. The molecular formula is C25H25BO. The third-order valence-electron chi connectivity index (χ3n) is 5.64. The molecule has 0 saturated carbocycles. The number of benzene rings is 4. The van der Waals surface area contributed by atoms with Crippen LogP contribution in [0.25, 0.3) is 32.7 Å². The topological polar surface area (TPSA) is 20.2 Å². The van der Waals surface area contributed by atoms with Crippen molar-refractivity contribution in [1.82, 2.24) is 0 Å². The van der Waals surface area contributed by atoms with Gasteiger partial charge in [0.25, 0.3) is 0 Å². The average molecular weight is 352 g/mol. The van der Waals surface area contributed by atoms with E-state index in [4.69, 9.17) is 0 Å². The van der Waals surface area contributed by atoms with Crippen molar-refractivity contribution in [3.63, 3.8) is 0 Å². The van der Waals surface area contributed by atoms with E-state index < -0.39 is 6.92 Å². The molecule has 4 rings (SSSR count). The lowest BCUT2D eigenvalue weighted by Crippen LogP contribution is -2.32. The molecule has 0 aliphatic heterocycles. The molecule has 0 bridgehead atoms. The molecule has 0 fully saturated rings. The Morgan fingerprint density at radius 1 is 0.741 bits per heavy atom. The van der Waals surface area contributed by atoms with Crippen LogP contribution in [0.1, 0.15) is 25.0 Å². The van der Waals surface area contributed by atoms with Gasteiger partial charge in [-0.05, 0) is 68.2 Å². The zero-order valence-corrected chi connectivity index (χ0v) is 16.3. The van der Waals surface area contributed by atoms with Gasteiger partial charge in [0.1, 0.15) is 0 Å². The third kappa shape index (κ3) is 2.94. The molecule has 0 aromatic heterocycles. The minimum atomic E-state index is -0.471. The highest BCUT2D eigenvalue weighted by molar-refractivity contribution is 6.68. The Morgan fingerprint density at radius 3 is 2.04 bits per heavy atom. The average Bonchev–Trinajstić information content (AvgIpc) is 2.71. The van der Waals surface area contributed by atoms with E-state index in [1.807, 2.05) is 6.82 Å². The minimum absolute atomic E-state index is 0.471. The van der Waals surface area contributed by atoms with Gasteiger partial charge in [-0.25, -0.2) is 0 Å². The summed E-state index contributed by atoms with van der Waals surface area (Å²) in [5.74, 6) is 0. The molecule has 4 aromatic carbocycles. The van der Waals surface area contributed by atoms with Gasteiger partial charge in [0, 0.05) is 0 Å². The molecule has 2 heteroatoms. The highest BCUT2D eigenvalue weighted by Crippen LogP contribution is 2.36. The second kappa shape index (κ2) is 7.21. The molecule has 0 aliphatic rings. The molecule has 0 aliphatic carbocycles. The summed E-state index contributed by atoms with van der Waals surface area (Å²) >= 11 is 0. The zero-order valence-electron chi connectivity index (χ0n) is 16.3. The molecule has 4 aromatic rings. The fraction of sp³-hybridized carbons (Fsp3) is 0.200. The number of hydrogen-bond acceptors (Lipinski definition) is 1. The van der Waals surface area contributed by atoms with Gasteiger partial charge in [-0.2, -0.15) is 0 Å². The number of hydrogen-bond donors (Lipinski definition) is 1. The summed E-state index contributed by atoms with van der Waals surface area (Å²) in [7, 11) is 0. The van der Waals surface area contributed by atoms with Crippen LogP contribution < -0.4 is 5.46 Å². The third-order valence-corrected chi connectivity index (χ3v) is 5.64. The van der Waals surface area contributed by atoms with Gasteiger partial charge in [0.05, 0.1) is 0 Å². The Balaban J connectivity index is 2.14. The highest BCUT2D eigenvalue weighted by atomic mass is 16.2. The van der Waals surface area contributed by atoms with Crippen molar-refractivity contribution in [3.8, 4) is 11.1 Å². The maximum absolute atomic E-state index is 10.6. The molecule has 0 atom stereocenters. The van der Waals surface area contributed by atoms with E-state index in [0.29, 0.717) is 0 Å². The van der Waals surface area contributed by atoms with Crippen LogP contribution in [0.3, 0.4) is 0 Å². The van der Waals surface area contributed by atoms with E-state index in [-0.39, 0.29) is 0 Å². The van der Waals surface area contributed by atoms with Crippen molar-refractivity contribution >= 4 is 33.9 Å². The van der Waals surface area contributed by atoms with E-state index in [1.54, 1.807) is 0 Å². The monoisotopic (exact) mass is 352 g/mol. The van der Waals surface area contributed by atoms with Crippen LogP contribution in [0.4, 0.5) is 0 Å². The van der Waals surface area contributed by atoms with Crippen LogP contribution in [0.15, 0.2) is 66.7 Å². The van der Waals surface area contributed by atoms with Gasteiger partial charge in [-0.15, -0.1) is 0 Å². The lowest BCUT2D eigenvalue weighted by Gasteiger charge is -2.22. The summed E-state index contributed by atoms with van der Waals surface area (Å²) in [6, 6.07) is 23.8. The number of rotatable bonds is 4. The summed E-state index contributed by atoms with van der Waals surface area (Å²) in [5.41, 5.74) is 6.33. The second-order valence-corrected chi connectivity index (χ2v) is 7.24. The molecule has 27 heavy (non-hydrogen) atoms. The Bertz CT molecular complexity index is 1130. The first-order valence-corrected chi connectivity index (χ1v) is 9.89. The van der Waals surface area contributed by atoms with Crippen LogP contribution in [0.2, 0.25) is 6.82 Å². The van der Waals surface area contributed by atoms with Crippen molar-refractivity contribution in [2.45, 2.75) is 33.5 Å². The Morgan fingerprint density at radius 2 is 1.37 bits per heavy atom. The maximum atomic E-state index is 10.6. The molecule has 0 saturated heterocycles. The lowest BCUT2D eigenvalue weighted by atomic mass is 9.59. The predicted molar refractivity (Wildman–Crippen MR) is 119 cm³/mol. The van der Waals surface area contributed by atoms with Crippen LogP contribution in [0.5, 0.6) is 0 Å². The Hall–Kier alpha value is -2.58. The Kier molecular flexibility index (Phi) is 4.76. The van der Waals surface area contributed by atoms with Gasteiger partial charge >= 0.3 is 6.92 Å². The second-order valence-electron chi connectivity index (χ2n) is 7.24. The van der Waals surface area contributed by atoms with Crippen molar-refractivity contribution in [2.24, 2.45) is 0 Å².